The summed E-state index contributed by atoms with van der Waals surface area (Å²) >= 11 is 0. The van der Waals surface area contributed by atoms with Crippen LogP contribution in [0.1, 0.15) is 0 Å². The zero-order chi connectivity index (χ0) is 21.7. The van der Waals surface area contributed by atoms with Crippen LogP contribution in [0, 0.1) is 0 Å². The monoisotopic (exact) mass is 480 g/mol. The van der Waals surface area contributed by atoms with Crippen LogP contribution in [0.4, 0.5) is 0 Å². The number of benzene rings is 2. The van der Waals surface area contributed by atoms with Crippen molar-refractivity contribution in [3.63, 3.8) is 0 Å². The van der Waals surface area contributed by atoms with Crippen LogP contribution in [-0.2, 0) is 16.5 Å². The topological polar surface area (TPSA) is 36.9 Å². The summed E-state index contributed by atoms with van der Waals surface area (Å²) in [7, 11) is -10.3. The molecule has 0 spiro atoms. The molecule has 2 aromatic rings. The van der Waals surface area contributed by atoms with Crippen LogP contribution in [0.5, 0.6) is 0 Å². The number of hydrogen-bond donors (Lipinski definition) is 0. The Balaban J connectivity index is 2.35. The van der Waals surface area contributed by atoms with Gasteiger partial charge in [-0.25, -0.2) is 0 Å². The second-order valence-electron chi connectivity index (χ2n) is 8.56. The summed E-state index contributed by atoms with van der Waals surface area (Å²) in [5.41, 5.74) is 0. The molecule has 0 saturated carbocycles. The van der Waals surface area contributed by atoms with Crippen LogP contribution in [0.15, 0.2) is 60.7 Å². The Bertz CT molecular complexity index is 696. The second kappa shape index (κ2) is 10.1. The van der Waals surface area contributed by atoms with Crippen molar-refractivity contribution in [1.29, 1.82) is 0 Å². The van der Waals surface area contributed by atoms with Gasteiger partial charge in [-0.3, -0.25) is 0 Å². The van der Waals surface area contributed by atoms with Crippen LogP contribution in [0.2, 0.25) is 52.4 Å². The molecule has 0 aliphatic rings. The molecule has 0 saturated heterocycles. The Morgan fingerprint density at radius 1 is 0.552 bits per heavy atom. The van der Waals surface area contributed by atoms with Crippen molar-refractivity contribution in [3.05, 3.63) is 60.7 Å². The molecule has 0 amide bonds. The minimum absolute atomic E-state index is 1.16. The molecule has 160 valence electrons. The molecule has 4 nitrogen and oxygen atoms in total. The van der Waals surface area contributed by atoms with Crippen molar-refractivity contribution >= 4 is 54.1 Å². The van der Waals surface area contributed by atoms with Gasteiger partial charge >= 0.3 is 25.7 Å². The highest BCUT2D eigenvalue weighted by atomic mass is 28.5. The van der Waals surface area contributed by atoms with Gasteiger partial charge in [0.05, 0.1) is 0 Å². The average molecular weight is 481 g/mol. The zero-order valence-corrected chi connectivity index (χ0v) is 24.4. The third-order valence-electron chi connectivity index (χ3n) is 4.40. The molecule has 0 radical (unpaired) electrons. The van der Waals surface area contributed by atoms with E-state index in [1.165, 1.54) is 0 Å². The number of hydrogen-bond acceptors (Lipinski definition) is 4. The van der Waals surface area contributed by atoms with Crippen molar-refractivity contribution in [2.75, 3.05) is 0 Å². The van der Waals surface area contributed by atoms with E-state index in [4.69, 9.17) is 16.5 Å². The van der Waals surface area contributed by atoms with E-state index < -0.39 is 43.8 Å². The second-order valence-corrected chi connectivity index (χ2v) is 24.0. The highest BCUT2D eigenvalue weighted by Crippen LogP contribution is 2.23. The van der Waals surface area contributed by atoms with Gasteiger partial charge in [0, 0.05) is 0 Å². The molecule has 0 N–H and O–H groups in total. The number of rotatable bonds is 10. The Morgan fingerprint density at radius 3 is 1.14 bits per heavy atom. The molecule has 2 rings (SSSR count). The molecule has 0 aliphatic carbocycles. The maximum absolute atomic E-state index is 6.86. The largest absolute Gasteiger partial charge is 0.436 e. The molecule has 2 atom stereocenters. The predicted octanol–water partition coefficient (Wildman–Crippen LogP) is 3.68. The minimum atomic E-state index is -2.59. The lowest BCUT2D eigenvalue weighted by Crippen LogP contribution is -2.65. The van der Waals surface area contributed by atoms with Gasteiger partial charge in [-0.2, -0.15) is 0 Å². The van der Waals surface area contributed by atoms with E-state index >= 15 is 0 Å². The van der Waals surface area contributed by atoms with Crippen LogP contribution in [0.25, 0.3) is 0 Å². The lowest BCUT2D eigenvalue weighted by Gasteiger charge is -2.41. The third kappa shape index (κ3) is 7.22. The van der Waals surface area contributed by atoms with Gasteiger partial charge in [-0.15, -0.1) is 0 Å². The van der Waals surface area contributed by atoms with Crippen molar-refractivity contribution in [1.82, 2.24) is 0 Å². The molecule has 0 aromatic heterocycles. The van der Waals surface area contributed by atoms with Crippen LogP contribution in [0.3, 0.4) is 0 Å². The lowest BCUT2D eigenvalue weighted by atomic mass is 10.4. The van der Waals surface area contributed by atoms with E-state index in [0.717, 1.165) is 10.4 Å². The maximum atomic E-state index is 6.86. The zero-order valence-electron chi connectivity index (χ0n) is 19.1. The predicted molar refractivity (Wildman–Crippen MR) is 135 cm³/mol. The molecule has 2 aromatic carbocycles. The van der Waals surface area contributed by atoms with E-state index in [9.17, 15) is 0 Å². The lowest BCUT2D eigenvalue weighted by molar-refractivity contribution is 0.312. The Labute approximate surface area is 183 Å². The molecule has 0 heterocycles. The first kappa shape index (κ1) is 24.6. The Kier molecular flexibility index (Phi) is 8.59. The smallest absolute Gasteiger partial charge is 0.350 e. The van der Waals surface area contributed by atoms with Gasteiger partial charge in [0.2, 0.25) is 0 Å². The van der Waals surface area contributed by atoms with Crippen LogP contribution in [-0.4, -0.2) is 43.8 Å². The molecule has 0 bridgehead atoms. The van der Waals surface area contributed by atoms with Gasteiger partial charge in [-0.05, 0) is 62.7 Å². The van der Waals surface area contributed by atoms with Gasteiger partial charge < -0.3 is 16.5 Å². The first-order valence-electron chi connectivity index (χ1n) is 10.3. The van der Waals surface area contributed by atoms with E-state index in [2.05, 4.69) is 101 Å². The molecule has 29 heavy (non-hydrogen) atoms. The summed E-state index contributed by atoms with van der Waals surface area (Å²) in [6.45, 7) is 17.4. The van der Waals surface area contributed by atoms with E-state index in [1.807, 2.05) is 12.1 Å². The summed E-state index contributed by atoms with van der Waals surface area (Å²) in [5.74, 6) is 0. The van der Waals surface area contributed by atoms with Crippen molar-refractivity contribution in [2.24, 2.45) is 0 Å². The van der Waals surface area contributed by atoms with E-state index in [1.54, 1.807) is 0 Å². The SMILES string of the molecule is C[SiH](C)O[Si](C)(O[Si](C)(C)O[Si](C)(O[SiH](C)C)c1ccccc1)c1ccccc1. The van der Waals surface area contributed by atoms with E-state index in [-0.39, 0.29) is 0 Å². The molecular formula is C20H36O4Si5. The van der Waals surface area contributed by atoms with Crippen molar-refractivity contribution in [3.8, 4) is 0 Å². The molecule has 0 fully saturated rings. The highest BCUT2D eigenvalue weighted by Gasteiger charge is 2.48. The summed E-state index contributed by atoms with van der Waals surface area (Å²) in [4.78, 5) is 0. The van der Waals surface area contributed by atoms with E-state index in [0.29, 0.717) is 0 Å². The van der Waals surface area contributed by atoms with Crippen LogP contribution >= 0.6 is 0 Å². The van der Waals surface area contributed by atoms with Gasteiger partial charge in [-0.1, -0.05) is 60.7 Å². The minimum Gasteiger partial charge on any atom is -0.436 e. The Morgan fingerprint density at radius 2 is 0.862 bits per heavy atom. The molecule has 0 aliphatic heterocycles. The normalized spacial score (nSPS) is 16.6. The third-order valence-corrected chi connectivity index (χ3v) is 21.6. The first-order valence-corrected chi connectivity index (χ1v) is 23.3. The first-order chi connectivity index (χ1) is 13.5. The fraction of sp³-hybridized carbons (Fsp3) is 0.400. The molecule has 9 heteroatoms. The summed E-state index contributed by atoms with van der Waals surface area (Å²) < 4.78 is 26.8. The fourth-order valence-corrected chi connectivity index (χ4v) is 23.8. The van der Waals surface area contributed by atoms with Crippen LogP contribution < -0.4 is 10.4 Å². The fourth-order valence-electron chi connectivity index (χ4n) is 3.64. The highest BCUT2D eigenvalue weighted by molar-refractivity contribution is 6.95. The maximum Gasteiger partial charge on any atom is 0.350 e. The van der Waals surface area contributed by atoms with Gasteiger partial charge in [0.1, 0.15) is 0 Å². The summed E-state index contributed by atoms with van der Waals surface area (Å²) in [6.07, 6.45) is 0. The summed E-state index contributed by atoms with van der Waals surface area (Å²) in [6, 6.07) is 20.8. The van der Waals surface area contributed by atoms with Crippen molar-refractivity contribution < 1.29 is 16.5 Å². The average Bonchev–Trinajstić information content (AvgIpc) is 2.60. The standard InChI is InChI=1S/C20H36O4Si5/c1-25(2)21-28(7,19-15-11-9-12-16-19)23-27(5,6)24-29(8,22-26(3)4)20-17-13-10-14-18-20/h9-18,25-26H,1-8H3. The molecule has 2 unspecified atom stereocenters. The summed E-state index contributed by atoms with van der Waals surface area (Å²) in [5, 5.41) is 2.32. The quantitative estimate of drug-likeness (QED) is 0.486. The molecular weight excluding hydrogens is 445 g/mol. The van der Waals surface area contributed by atoms with Gasteiger partial charge in [0.25, 0.3) is 0 Å². The van der Waals surface area contributed by atoms with Gasteiger partial charge in [0.15, 0.2) is 18.1 Å². The Hall–Kier alpha value is -0.636. The van der Waals surface area contributed by atoms with Crippen molar-refractivity contribution in [2.45, 2.75) is 52.4 Å².